The number of aliphatic hydroxyl groups is 3. The van der Waals surface area contributed by atoms with Crippen LogP contribution >= 0.6 is 11.3 Å². The molecule has 4 bridgehead atoms. The smallest absolute Gasteiger partial charge is 0.409 e. The first-order valence-corrected chi connectivity index (χ1v) is 36.7. The first kappa shape index (κ1) is 74.8. The van der Waals surface area contributed by atoms with Gasteiger partial charge in [-0.15, -0.1) is 0 Å². The van der Waals surface area contributed by atoms with Gasteiger partial charge < -0.3 is 59.4 Å². The number of carbonyl (C=O) groups is 8. The summed E-state index contributed by atoms with van der Waals surface area (Å²) >= 11 is 1.43. The third-order valence-corrected chi connectivity index (χ3v) is 22.1. The summed E-state index contributed by atoms with van der Waals surface area (Å²) in [5, 5.41) is 63.1. The van der Waals surface area contributed by atoms with E-state index < -0.39 is 54.5 Å². The lowest BCUT2D eigenvalue weighted by molar-refractivity contribution is -0.227. The summed E-state index contributed by atoms with van der Waals surface area (Å²) in [7, 11) is 1.59. The topological polar surface area (TPSA) is 358 Å². The third-order valence-electron chi connectivity index (χ3n) is 21.2. The molecule has 3 aromatic heterocycles. The highest BCUT2D eigenvalue weighted by molar-refractivity contribution is 7.22. The van der Waals surface area contributed by atoms with Crippen LogP contribution in [-0.4, -0.2) is 198 Å². The minimum atomic E-state index is -1.88. The van der Waals surface area contributed by atoms with Crippen molar-refractivity contribution in [2.75, 3.05) is 70.4 Å². The number of imide groups is 1. The molecule has 2 aliphatic heterocycles. The Bertz CT molecular complexity index is 4180. The number of ether oxygens (including phenoxy) is 5. The molecule has 4 saturated carbocycles. The average Bonchev–Trinajstić information content (AvgIpc) is 0.859. The Morgan fingerprint density at radius 2 is 1.56 bits per heavy atom. The number of carboxylic acids is 2. The molecule has 1 saturated heterocycles. The monoisotopic (exact) mass is 1450 g/mol. The van der Waals surface area contributed by atoms with Crippen LogP contribution in [-0.2, 0) is 73.5 Å². The van der Waals surface area contributed by atoms with Gasteiger partial charge in [-0.1, -0.05) is 60.2 Å². The molecule has 104 heavy (non-hydrogen) atoms. The number of nitrogens with zero attached hydrogens (tertiary/aromatic N) is 6. The maximum Gasteiger partial charge on any atom is 0.409 e. The molecule has 26 nitrogen and oxygen atoms in total. The van der Waals surface area contributed by atoms with Crippen LogP contribution in [0.15, 0.2) is 97.2 Å². The summed E-state index contributed by atoms with van der Waals surface area (Å²) < 4.78 is 32.6. The van der Waals surface area contributed by atoms with Gasteiger partial charge in [-0.05, 0) is 166 Å². The molecule has 7 aliphatic rings. The molecule has 5 fully saturated rings. The Labute approximate surface area is 605 Å². The Morgan fingerprint density at radius 1 is 0.798 bits per heavy atom. The van der Waals surface area contributed by atoms with Gasteiger partial charge in [0.05, 0.1) is 61.2 Å². The lowest BCUT2D eigenvalue weighted by atomic mass is 9.48. The van der Waals surface area contributed by atoms with Crippen molar-refractivity contribution in [1.82, 2.24) is 29.5 Å². The van der Waals surface area contributed by atoms with Gasteiger partial charge in [-0.2, -0.15) is 5.10 Å². The number of nitrogens with one attached hydrogen (secondary N) is 2. The van der Waals surface area contributed by atoms with Crippen LogP contribution in [0.4, 0.5) is 15.6 Å². The van der Waals surface area contributed by atoms with Gasteiger partial charge in [0.25, 0.3) is 17.7 Å². The highest BCUT2D eigenvalue weighted by Crippen LogP contribution is 2.63. The van der Waals surface area contributed by atoms with Crippen molar-refractivity contribution in [3.63, 3.8) is 0 Å². The SMILES string of the molecule is Cc1c(-c2ccc(C3CCc4cccc(C(=O)Nc5nc6ccccc6s5)c4C3)nc2C(=O)O)cnn1CC12CC3CC(C1)CC(OCCOCCOCCN(C)C(=O)OC/C=C/c1ccc(C[C@@H]4O[C@H](C(=O)O)[C@@H](O)[C@H](O)[C@H]4O)c(NC(=O)CCCC(=O)CCCCCN4C(=O)C=CC4=O)c1)(C3)C2. The maximum absolute atomic E-state index is 13.8. The Hall–Kier alpha value is -8.93. The van der Waals surface area contributed by atoms with E-state index in [2.05, 4.69) is 26.4 Å². The third kappa shape index (κ3) is 17.9. The number of aromatic carboxylic acids is 1. The molecule has 3 aromatic carbocycles. The van der Waals surface area contributed by atoms with Crippen LogP contribution in [0.1, 0.15) is 150 Å². The number of aliphatic hydroxyl groups excluding tert-OH is 3. The number of unbranched alkanes of at least 4 members (excludes halogenated alkanes) is 2. The van der Waals surface area contributed by atoms with E-state index in [0.717, 1.165) is 82.4 Å². The van der Waals surface area contributed by atoms with Crippen molar-refractivity contribution < 1.29 is 87.6 Å². The number of rotatable bonds is 34. The van der Waals surface area contributed by atoms with E-state index in [1.165, 1.54) is 34.8 Å². The van der Waals surface area contributed by atoms with E-state index in [0.29, 0.717) is 104 Å². The number of carboxylic acid groups (broad SMARTS) is 2. The van der Waals surface area contributed by atoms with Gasteiger partial charge >= 0.3 is 18.0 Å². The average molecular weight is 1450 g/mol. The zero-order valence-electron chi connectivity index (χ0n) is 58.5. The zero-order chi connectivity index (χ0) is 73.2. The number of thiazole rings is 1. The van der Waals surface area contributed by atoms with E-state index in [-0.39, 0.29) is 110 Å². The fourth-order valence-electron chi connectivity index (χ4n) is 16.4. The lowest BCUT2D eigenvalue weighted by Crippen LogP contribution is -2.60. The second-order valence-electron chi connectivity index (χ2n) is 28.6. The number of anilines is 2. The molecule has 5 amide bonds. The number of hydrogen-bond donors (Lipinski definition) is 7. The van der Waals surface area contributed by atoms with Gasteiger partial charge in [0, 0.05) is 104 Å². The van der Waals surface area contributed by atoms with Crippen molar-refractivity contribution in [3.05, 3.63) is 142 Å². The number of aromatic nitrogens is 4. The minimum Gasteiger partial charge on any atom is -0.479 e. The highest BCUT2D eigenvalue weighted by atomic mass is 32.1. The second kappa shape index (κ2) is 33.5. The number of para-hydroxylation sites is 1. The van der Waals surface area contributed by atoms with Gasteiger partial charge in [-0.25, -0.2) is 24.4 Å². The van der Waals surface area contributed by atoms with Gasteiger partial charge in [0.15, 0.2) is 16.9 Å². The number of carbonyl (C=O) groups excluding carboxylic acids is 6. The molecule has 13 rings (SSSR count). The zero-order valence-corrected chi connectivity index (χ0v) is 59.3. The van der Waals surface area contributed by atoms with Crippen molar-refractivity contribution in [1.29, 1.82) is 0 Å². The standard InChI is InChI=1S/C77H90N8O18S/c1-46-57(54-23-24-58(80-66(54)72(94)95)51-22-21-50-12-8-15-55(56(50)37-51)71(93)82-74-81-59-16-5-6-17-62(59)104-74)43-78-85(46)45-76-39-48-35-49(40-76)42-77(41-48,44-76)102-34-33-100-32-31-99-30-28-83(2)75(98)101-29-10-11-47-19-20-52(38-61-67(90)68(91)69(92)70(103-61)73(96)97)60(36-47)79-63(87)18-9-14-53(86)13-4-3-7-27-84-64(88)25-26-65(84)89/h5-6,8,10-12,15-17,19-20,23-26,36,43,48-49,51,61,67-70,90-92H,3-4,7,9,13-14,18,21-22,27-35,37-42,44-45H2,1-2H3,(H,79,87)(H,94,95)(H,96,97)(H,81,82,93)/b11-10+/t48?,49?,51?,61-,67-,68+,69-,70-,76?,77?/m0/s1. The number of pyridine rings is 1. The Kier molecular flexibility index (Phi) is 24.1. The molecule has 5 heterocycles. The summed E-state index contributed by atoms with van der Waals surface area (Å²) in [6.07, 6.45) is 8.99. The first-order valence-electron chi connectivity index (χ1n) is 35.9. The molecular formula is C77H90N8O18S. The van der Waals surface area contributed by atoms with Crippen LogP contribution in [0.5, 0.6) is 0 Å². The number of aliphatic carboxylic acids is 1. The summed E-state index contributed by atoms with van der Waals surface area (Å²) in [6, 6.07) is 22.3. The molecule has 0 radical (unpaired) electrons. The van der Waals surface area contributed by atoms with Crippen LogP contribution in [0, 0.1) is 24.2 Å². The van der Waals surface area contributed by atoms with Crippen LogP contribution < -0.4 is 10.6 Å². The molecule has 7 N–H and O–H groups in total. The predicted molar refractivity (Wildman–Crippen MR) is 383 cm³/mol. The van der Waals surface area contributed by atoms with Crippen LogP contribution in [0.2, 0.25) is 0 Å². The largest absolute Gasteiger partial charge is 0.479 e. The van der Waals surface area contributed by atoms with Crippen molar-refractivity contribution >= 4 is 85.9 Å². The Morgan fingerprint density at radius 3 is 2.33 bits per heavy atom. The van der Waals surface area contributed by atoms with Gasteiger partial charge in [-0.3, -0.25) is 38.9 Å². The number of Topliss-reactive ketones (excluding diaryl/α,β-unsaturated/α-hetero) is 1. The number of likely N-dealkylation sites (N-methyl/N-ethyl adjacent to an activating group) is 1. The molecule has 27 heteroatoms. The number of ketones is 1. The molecule has 6 aromatic rings. The number of benzene rings is 3. The molecule has 0 spiro atoms. The quantitative estimate of drug-likeness (QED) is 0.0146. The Balaban J connectivity index is 0.564. The molecular weight excluding hydrogens is 1360 g/mol. The van der Waals surface area contributed by atoms with E-state index in [4.69, 9.17) is 33.8 Å². The molecule has 8 atom stereocenters. The van der Waals surface area contributed by atoms with Crippen molar-refractivity contribution in [3.8, 4) is 11.1 Å². The normalized spacial score (nSPS) is 24.0. The second-order valence-corrected chi connectivity index (χ2v) is 29.6. The fourth-order valence-corrected chi connectivity index (χ4v) is 17.3. The number of aryl methyl sites for hydroxylation is 1. The lowest BCUT2D eigenvalue weighted by Gasteiger charge is -2.61. The van der Waals surface area contributed by atoms with E-state index in [1.54, 1.807) is 43.6 Å². The number of hydrogen-bond acceptors (Lipinski definition) is 20. The maximum atomic E-state index is 13.8. The highest BCUT2D eigenvalue weighted by Gasteiger charge is 2.59. The summed E-state index contributed by atoms with van der Waals surface area (Å²) in [4.78, 5) is 113. The van der Waals surface area contributed by atoms with E-state index >= 15 is 0 Å². The van der Waals surface area contributed by atoms with Crippen molar-refractivity contribution in [2.24, 2.45) is 17.3 Å². The number of fused-ring (bicyclic) bond motifs is 2. The van der Waals surface area contributed by atoms with E-state index in [9.17, 15) is 63.9 Å². The summed E-state index contributed by atoms with van der Waals surface area (Å²) in [5.74, 6) is -3.06. The molecule has 552 valence electrons. The summed E-state index contributed by atoms with van der Waals surface area (Å²) in [5.41, 5.74) is 7.21. The number of amides is 5. The van der Waals surface area contributed by atoms with E-state index in [1.807, 2.05) is 55.5 Å². The van der Waals surface area contributed by atoms with Gasteiger partial charge in [0.1, 0.15) is 30.7 Å². The summed E-state index contributed by atoms with van der Waals surface area (Å²) in [6.45, 7) is 4.80. The first-order chi connectivity index (χ1) is 50.1. The minimum absolute atomic E-state index is 0.0209. The molecule has 3 unspecified atom stereocenters. The predicted octanol–water partition coefficient (Wildman–Crippen LogP) is 8.90. The van der Waals surface area contributed by atoms with Gasteiger partial charge in [0.2, 0.25) is 5.91 Å². The van der Waals surface area contributed by atoms with Crippen LogP contribution in [0.3, 0.4) is 0 Å². The fraction of sp³-hybridized carbons (Fsp3) is 0.494. The molecule has 5 aliphatic carbocycles. The van der Waals surface area contributed by atoms with Crippen molar-refractivity contribution in [2.45, 2.75) is 165 Å². The van der Waals surface area contributed by atoms with Crippen LogP contribution in [0.25, 0.3) is 27.4 Å².